The Morgan fingerprint density at radius 2 is 2.06 bits per heavy atom. The second-order valence-electron chi connectivity index (χ2n) is 4.06. The van der Waals surface area contributed by atoms with Gasteiger partial charge in [-0.2, -0.15) is 4.31 Å². The van der Waals surface area contributed by atoms with Gasteiger partial charge >= 0.3 is 0 Å². The van der Waals surface area contributed by atoms with Crippen molar-refractivity contribution in [3.63, 3.8) is 0 Å². The third kappa shape index (κ3) is 2.66. The van der Waals surface area contributed by atoms with E-state index in [-0.39, 0.29) is 5.02 Å². The van der Waals surface area contributed by atoms with E-state index in [0.29, 0.717) is 26.1 Å². The predicted molar refractivity (Wildman–Crippen MR) is 67.7 cm³/mol. The molecule has 2 rings (SSSR count). The topological polar surface area (TPSA) is 49.4 Å². The van der Waals surface area contributed by atoms with Gasteiger partial charge in [0.25, 0.3) is 0 Å². The van der Waals surface area contributed by atoms with Crippen LogP contribution < -0.4 is 5.32 Å². The van der Waals surface area contributed by atoms with Crippen LogP contribution in [0.2, 0.25) is 5.02 Å². The molecule has 1 saturated heterocycles. The van der Waals surface area contributed by atoms with Crippen LogP contribution in [-0.4, -0.2) is 38.9 Å². The van der Waals surface area contributed by atoms with Crippen LogP contribution in [0.1, 0.15) is 6.42 Å². The molecule has 0 radical (unpaired) electrons. The average molecular weight is 293 g/mol. The molecule has 0 saturated carbocycles. The summed E-state index contributed by atoms with van der Waals surface area (Å²) in [5.41, 5.74) is 0. The highest BCUT2D eigenvalue weighted by atomic mass is 35.5. The zero-order chi connectivity index (χ0) is 13.2. The van der Waals surface area contributed by atoms with Crippen LogP contribution in [-0.2, 0) is 10.0 Å². The normalized spacial score (nSPS) is 18.6. The lowest BCUT2D eigenvalue weighted by Gasteiger charge is -2.20. The maximum absolute atomic E-state index is 13.7. The Hall–Kier alpha value is -0.690. The van der Waals surface area contributed by atoms with E-state index in [9.17, 15) is 12.8 Å². The SMILES string of the molecule is O=S(=O)(c1c(F)cccc1Cl)N1CCCNCC1. The molecule has 1 aliphatic heterocycles. The first-order chi connectivity index (χ1) is 8.53. The van der Waals surface area contributed by atoms with Crippen molar-refractivity contribution in [2.75, 3.05) is 26.2 Å². The van der Waals surface area contributed by atoms with Gasteiger partial charge in [0.05, 0.1) is 5.02 Å². The highest BCUT2D eigenvalue weighted by Crippen LogP contribution is 2.27. The van der Waals surface area contributed by atoms with Gasteiger partial charge < -0.3 is 5.32 Å². The summed E-state index contributed by atoms with van der Waals surface area (Å²) in [6, 6.07) is 3.88. The Morgan fingerprint density at radius 1 is 1.28 bits per heavy atom. The Morgan fingerprint density at radius 3 is 2.78 bits per heavy atom. The van der Waals surface area contributed by atoms with Crippen LogP contribution in [0.15, 0.2) is 23.1 Å². The van der Waals surface area contributed by atoms with Crippen LogP contribution in [0.4, 0.5) is 4.39 Å². The summed E-state index contributed by atoms with van der Waals surface area (Å²) in [6.07, 6.45) is 0.700. The van der Waals surface area contributed by atoms with Gasteiger partial charge in [-0.25, -0.2) is 12.8 Å². The number of nitrogens with zero attached hydrogens (tertiary/aromatic N) is 1. The lowest BCUT2D eigenvalue weighted by atomic mass is 10.3. The third-order valence-corrected chi connectivity index (χ3v) is 5.22. The molecule has 100 valence electrons. The molecule has 0 amide bonds. The zero-order valence-electron chi connectivity index (χ0n) is 9.70. The van der Waals surface area contributed by atoms with E-state index >= 15 is 0 Å². The van der Waals surface area contributed by atoms with Gasteiger partial charge in [0, 0.05) is 19.6 Å². The molecule has 0 aromatic heterocycles. The first kappa shape index (κ1) is 13.7. The van der Waals surface area contributed by atoms with Crippen molar-refractivity contribution in [2.45, 2.75) is 11.3 Å². The Bertz CT molecular complexity index is 508. The van der Waals surface area contributed by atoms with E-state index < -0.39 is 20.7 Å². The third-order valence-electron chi connectivity index (χ3n) is 2.82. The highest BCUT2D eigenvalue weighted by Gasteiger charge is 2.29. The van der Waals surface area contributed by atoms with E-state index in [1.165, 1.54) is 16.4 Å². The summed E-state index contributed by atoms with van der Waals surface area (Å²) < 4.78 is 39.7. The molecule has 0 bridgehead atoms. The van der Waals surface area contributed by atoms with E-state index in [1.54, 1.807) is 0 Å². The van der Waals surface area contributed by atoms with Crippen LogP contribution >= 0.6 is 11.6 Å². The van der Waals surface area contributed by atoms with Crippen LogP contribution in [0.5, 0.6) is 0 Å². The molecule has 0 aliphatic carbocycles. The molecule has 4 nitrogen and oxygen atoms in total. The zero-order valence-corrected chi connectivity index (χ0v) is 11.3. The lowest BCUT2D eigenvalue weighted by Crippen LogP contribution is -2.34. The minimum Gasteiger partial charge on any atom is -0.315 e. The molecule has 1 fully saturated rings. The standard InChI is InChI=1S/C11H14ClFN2O2S/c12-9-3-1-4-10(13)11(9)18(16,17)15-7-2-5-14-6-8-15/h1,3-4,14H,2,5-8H2. The summed E-state index contributed by atoms with van der Waals surface area (Å²) in [6.45, 7) is 2.02. The fourth-order valence-corrected chi connectivity index (χ4v) is 3.96. The van der Waals surface area contributed by atoms with Crippen molar-refractivity contribution in [2.24, 2.45) is 0 Å². The molecule has 7 heteroatoms. The average Bonchev–Trinajstić information content (AvgIpc) is 2.57. The number of hydrogen-bond acceptors (Lipinski definition) is 3. The molecule has 0 unspecified atom stereocenters. The second-order valence-corrected chi connectivity index (χ2v) is 6.34. The first-order valence-electron chi connectivity index (χ1n) is 5.68. The first-order valence-corrected chi connectivity index (χ1v) is 7.50. The van der Waals surface area contributed by atoms with Crippen LogP contribution in [0, 0.1) is 5.82 Å². The molecular formula is C11H14ClFN2O2S. The monoisotopic (exact) mass is 292 g/mol. The molecule has 1 aromatic rings. The number of rotatable bonds is 2. The number of sulfonamides is 1. The van der Waals surface area contributed by atoms with Crippen molar-refractivity contribution >= 4 is 21.6 Å². The van der Waals surface area contributed by atoms with E-state index in [2.05, 4.69) is 5.32 Å². The summed E-state index contributed by atoms with van der Waals surface area (Å²) >= 11 is 5.81. The summed E-state index contributed by atoms with van der Waals surface area (Å²) in [4.78, 5) is -0.423. The second kappa shape index (κ2) is 5.52. The number of benzene rings is 1. The summed E-state index contributed by atoms with van der Waals surface area (Å²) in [5.74, 6) is -0.806. The molecule has 1 heterocycles. The molecule has 18 heavy (non-hydrogen) atoms. The minimum atomic E-state index is -3.86. The lowest BCUT2D eigenvalue weighted by molar-refractivity contribution is 0.427. The molecule has 0 spiro atoms. The molecule has 1 N–H and O–H groups in total. The largest absolute Gasteiger partial charge is 0.315 e. The molecule has 1 aromatic carbocycles. The van der Waals surface area contributed by atoms with Gasteiger partial charge in [0.15, 0.2) is 0 Å². The van der Waals surface area contributed by atoms with Crippen molar-refractivity contribution in [1.82, 2.24) is 9.62 Å². The Kier molecular flexibility index (Phi) is 4.21. The number of halogens is 2. The number of hydrogen-bond donors (Lipinski definition) is 1. The van der Waals surface area contributed by atoms with Crippen molar-refractivity contribution in [3.8, 4) is 0 Å². The van der Waals surface area contributed by atoms with Crippen molar-refractivity contribution < 1.29 is 12.8 Å². The predicted octanol–water partition coefficient (Wildman–Crippen LogP) is 1.46. The Balaban J connectivity index is 2.41. The smallest absolute Gasteiger partial charge is 0.247 e. The van der Waals surface area contributed by atoms with Gasteiger partial charge in [0.2, 0.25) is 10.0 Å². The van der Waals surface area contributed by atoms with Crippen LogP contribution in [0.25, 0.3) is 0 Å². The van der Waals surface area contributed by atoms with Crippen molar-refractivity contribution in [3.05, 3.63) is 29.0 Å². The van der Waals surface area contributed by atoms with Gasteiger partial charge in [-0.3, -0.25) is 0 Å². The molecule has 1 aliphatic rings. The van der Waals surface area contributed by atoms with Gasteiger partial charge in [-0.1, -0.05) is 17.7 Å². The van der Waals surface area contributed by atoms with Gasteiger partial charge in [-0.05, 0) is 25.1 Å². The minimum absolute atomic E-state index is 0.0767. The fourth-order valence-electron chi connectivity index (χ4n) is 1.92. The number of nitrogens with one attached hydrogen (secondary N) is 1. The molecule has 0 atom stereocenters. The van der Waals surface area contributed by atoms with Crippen LogP contribution in [0.3, 0.4) is 0 Å². The maximum atomic E-state index is 13.7. The van der Waals surface area contributed by atoms with Gasteiger partial charge in [0.1, 0.15) is 10.7 Å². The summed E-state index contributed by atoms with van der Waals surface area (Å²) in [5, 5.41) is 3.02. The van der Waals surface area contributed by atoms with E-state index in [4.69, 9.17) is 11.6 Å². The summed E-state index contributed by atoms with van der Waals surface area (Å²) in [7, 11) is -3.86. The van der Waals surface area contributed by atoms with E-state index in [1.807, 2.05) is 0 Å². The van der Waals surface area contributed by atoms with Gasteiger partial charge in [-0.15, -0.1) is 0 Å². The quantitative estimate of drug-likeness (QED) is 0.898. The maximum Gasteiger partial charge on any atom is 0.247 e. The fraction of sp³-hybridized carbons (Fsp3) is 0.455. The Labute approximate surface area is 111 Å². The van der Waals surface area contributed by atoms with E-state index in [0.717, 1.165) is 12.6 Å². The molecular weight excluding hydrogens is 279 g/mol. The van der Waals surface area contributed by atoms with Crippen molar-refractivity contribution in [1.29, 1.82) is 0 Å². The highest BCUT2D eigenvalue weighted by molar-refractivity contribution is 7.89.